The van der Waals surface area contributed by atoms with Gasteiger partial charge in [-0.1, -0.05) is 22.0 Å². The van der Waals surface area contributed by atoms with Crippen molar-refractivity contribution < 1.29 is 9.53 Å². The van der Waals surface area contributed by atoms with Crippen LogP contribution in [-0.4, -0.2) is 31.1 Å². The van der Waals surface area contributed by atoms with Gasteiger partial charge in [0.1, 0.15) is 11.9 Å². The SMILES string of the molecule is CC(CNC(=O)C1CCCN1)Oc1cccc(Br)c1.Cl. The second-order valence-corrected chi connectivity index (χ2v) is 5.70. The van der Waals surface area contributed by atoms with Crippen molar-refractivity contribution >= 4 is 34.2 Å². The van der Waals surface area contributed by atoms with Gasteiger partial charge in [-0.05, 0) is 44.5 Å². The van der Waals surface area contributed by atoms with Crippen molar-refractivity contribution in [1.29, 1.82) is 0 Å². The Morgan fingerprint density at radius 3 is 3.05 bits per heavy atom. The molecule has 2 atom stereocenters. The number of halogens is 2. The zero-order chi connectivity index (χ0) is 13.7. The molecule has 0 spiro atoms. The minimum absolute atomic E-state index is 0. The van der Waals surface area contributed by atoms with Crippen LogP contribution >= 0.6 is 28.3 Å². The Morgan fingerprint density at radius 2 is 2.40 bits per heavy atom. The van der Waals surface area contributed by atoms with Crippen LogP contribution in [0.2, 0.25) is 0 Å². The van der Waals surface area contributed by atoms with Crippen LogP contribution in [0.1, 0.15) is 19.8 Å². The van der Waals surface area contributed by atoms with E-state index in [1.165, 1.54) is 0 Å². The summed E-state index contributed by atoms with van der Waals surface area (Å²) in [6.45, 7) is 3.40. The van der Waals surface area contributed by atoms with E-state index in [0.717, 1.165) is 29.6 Å². The first-order valence-electron chi connectivity index (χ1n) is 6.58. The van der Waals surface area contributed by atoms with Crippen molar-refractivity contribution in [2.24, 2.45) is 0 Å². The van der Waals surface area contributed by atoms with Gasteiger partial charge in [-0.3, -0.25) is 4.79 Å². The second kappa shape index (κ2) is 8.49. The molecule has 1 aromatic rings. The first kappa shape index (κ1) is 17.3. The third-order valence-electron chi connectivity index (χ3n) is 3.07. The zero-order valence-corrected chi connectivity index (χ0v) is 13.8. The summed E-state index contributed by atoms with van der Waals surface area (Å²) in [4.78, 5) is 11.8. The molecule has 1 amide bonds. The standard InChI is InChI=1S/C14H19BrN2O2.ClH/c1-10(19-12-5-2-4-11(15)8-12)9-17-14(18)13-6-3-7-16-13;/h2,4-5,8,10,13,16H,3,6-7,9H2,1H3,(H,17,18);1H. The van der Waals surface area contributed by atoms with Crippen molar-refractivity contribution in [3.63, 3.8) is 0 Å². The minimum Gasteiger partial charge on any atom is -0.489 e. The molecule has 2 unspecified atom stereocenters. The van der Waals surface area contributed by atoms with E-state index in [2.05, 4.69) is 26.6 Å². The molecule has 4 nitrogen and oxygen atoms in total. The van der Waals surface area contributed by atoms with E-state index in [-0.39, 0.29) is 30.5 Å². The highest BCUT2D eigenvalue weighted by Gasteiger charge is 2.21. The van der Waals surface area contributed by atoms with Gasteiger partial charge >= 0.3 is 0 Å². The molecule has 1 fully saturated rings. The van der Waals surface area contributed by atoms with Gasteiger partial charge in [0.05, 0.1) is 12.6 Å². The summed E-state index contributed by atoms with van der Waals surface area (Å²) >= 11 is 3.40. The van der Waals surface area contributed by atoms with Gasteiger partial charge in [0.15, 0.2) is 0 Å². The van der Waals surface area contributed by atoms with Crippen LogP contribution in [0.3, 0.4) is 0 Å². The van der Waals surface area contributed by atoms with Gasteiger partial charge in [-0.25, -0.2) is 0 Å². The molecule has 6 heteroatoms. The van der Waals surface area contributed by atoms with E-state index in [1.807, 2.05) is 31.2 Å². The highest BCUT2D eigenvalue weighted by atomic mass is 79.9. The lowest BCUT2D eigenvalue weighted by Gasteiger charge is -2.17. The number of hydrogen-bond donors (Lipinski definition) is 2. The fraction of sp³-hybridized carbons (Fsp3) is 0.500. The molecular formula is C14H20BrClN2O2. The summed E-state index contributed by atoms with van der Waals surface area (Å²) in [7, 11) is 0. The first-order valence-corrected chi connectivity index (χ1v) is 7.38. The summed E-state index contributed by atoms with van der Waals surface area (Å²) < 4.78 is 6.73. The Labute approximate surface area is 134 Å². The molecule has 112 valence electrons. The molecule has 0 aliphatic carbocycles. The number of nitrogens with one attached hydrogen (secondary N) is 2. The predicted octanol–water partition coefficient (Wildman–Crippen LogP) is 2.51. The monoisotopic (exact) mass is 362 g/mol. The van der Waals surface area contributed by atoms with E-state index in [4.69, 9.17) is 4.74 Å². The summed E-state index contributed by atoms with van der Waals surface area (Å²) in [5.41, 5.74) is 0. The van der Waals surface area contributed by atoms with E-state index in [1.54, 1.807) is 0 Å². The van der Waals surface area contributed by atoms with Crippen molar-refractivity contribution in [1.82, 2.24) is 10.6 Å². The molecule has 0 aromatic heterocycles. The second-order valence-electron chi connectivity index (χ2n) is 4.78. The highest BCUT2D eigenvalue weighted by Crippen LogP contribution is 2.18. The predicted molar refractivity (Wildman–Crippen MR) is 85.5 cm³/mol. The average Bonchev–Trinajstić information content (AvgIpc) is 2.90. The maximum Gasteiger partial charge on any atom is 0.237 e. The van der Waals surface area contributed by atoms with E-state index in [0.29, 0.717) is 6.54 Å². The van der Waals surface area contributed by atoms with Gasteiger partial charge in [0.25, 0.3) is 0 Å². The number of rotatable bonds is 5. The summed E-state index contributed by atoms with van der Waals surface area (Å²) in [6, 6.07) is 7.66. The Morgan fingerprint density at radius 1 is 1.60 bits per heavy atom. The summed E-state index contributed by atoms with van der Waals surface area (Å²) in [5.74, 6) is 0.873. The third-order valence-corrected chi connectivity index (χ3v) is 3.57. The van der Waals surface area contributed by atoms with Gasteiger partial charge < -0.3 is 15.4 Å². The smallest absolute Gasteiger partial charge is 0.237 e. The molecular weight excluding hydrogens is 344 g/mol. The normalized spacial score (nSPS) is 19.0. The fourth-order valence-corrected chi connectivity index (χ4v) is 2.47. The van der Waals surface area contributed by atoms with Crippen molar-refractivity contribution in [2.75, 3.05) is 13.1 Å². The molecule has 1 aliphatic heterocycles. The average molecular weight is 364 g/mol. The van der Waals surface area contributed by atoms with Crippen LogP contribution < -0.4 is 15.4 Å². The zero-order valence-electron chi connectivity index (χ0n) is 11.4. The Hall–Kier alpha value is -0.780. The van der Waals surface area contributed by atoms with Gasteiger partial charge in [-0.2, -0.15) is 0 Å². The lowest BCUT2D eigenvalue weighted by molar-refractivity contribution is -0.123. The molecule has 1 heterocycles. The molecule has 1 aliphatic rings. The molecule has 0 saturated carbocycles. The van der Waals surface area contributed by atoms with E-state index >= 15 is 0 Å². The highest BCUT2D eigenvalue weighted by molar-refractivity contribution is 9.10. The number of carbonyl (C=O) groups is 1. The van der Waals surface area contributed by atoms with Crippen LogP contribution in [0, 0.1) is 0 Å². The number of hydrogen-bond acceptors (Lipinski definition) is 3. The number of carbonyl (C=O) groups excluding carboxylic acids is 1. The van der Waals surface area contributed by atoms with E-state index in [9.17, 15) is 4.79 Å². The number of amides is 1. The maximum absolute atomic E-state index is 11.8. The molecule has 20 heavy (non-hydrogen) atoms. The van der Waals surface area contributed by atoms with Crippen molar-refractivity contribution in [3.8, 4) is 5.75 Å². The number of ether oxygens (including phenoxy) is 1. The van der Waals surface area contributed by atoms with Crippen LogP contribution in [0.5, 0.6) is 5.75 Å². The van der Waals surface area contributed by atoms with Gasteiger partial charge in [-0.15, -0.1) is 12.4 Å². The van der Waals surface area contributed by atoms with Gasteiger partial charge in [0, 0.05) is 4.47 Å². The van der Waals surface area contributed by atoms with Crippen molar-refractivity contribution in [3.05, 3.63) is 28.7 Å². The molecule has 0 radical (unpaired) electrons. The lowest BCUT2D eigenvalue weighted by Crippen LogP contribution is -2.43. The quantitative estimate of drug-likeness (QED) is 0.845. The minimum atomic E-state index is -0.0559. The Bertz CT molecular complexity index is 439. The molecule has 2 N–H and O–H groups in total. The van der Waals surface area contributed by atoms with Gasteiger partial charge in [0.2, 0.25) is 5.91 Å². The largest absolute Gasteiger partial charge is 0.489 e. The Kier molecular flexibility index (Phi) is 7.34. The lowest BCUT2D eigenvalue weighted by atomic mass is 10.2. The fourth-order valence-electron chi connectivity index (χ4n) is 2.09. The molecule has 0 bridgehead atoms. The van der Waals surface area contributed by atoms with Crippen LogP contribution in [0.15, 0.2) is 28.7 Å². The van der Waals surface area contributed by atoms with Crippen molar-refractivity contribution in [2.45, 2.75) is 31.9 Å². The van der Waals surface area contributed by atoms with Crippen LogP contribution in [0.25, 0.3) is 0 Å². The van der Waals surface area contributed by atoms with Crippen LogP contribution in [0.4, 0.5) is 0 Å². The summed E-state index contributed by atoms with van der Waals surface area (Å²) in [6.07, 6.45) is 1.94. The van der Waals surface area contributed by atoms with E-state index < -0.39 is 0 Å². The first-order chi connectivity index (χ1) is 9.15. The maximum atomic E-state index is 11.8. The topological polar surface area (TPSA) is 50.4 Å². The van der Waals surface area contributed by atoms with Crippen LogP contribution in [-0.2, 0) is 4.79 Å². The number of benzene rings is 1. The Balaban J connectivity index is 0.00000200. The summed E-state index contributed by atoms with van der Waals surface area (Å²) in [5, 5.41) is 6.10. The molecule has 1 aromatic carbocycles. The third kappa shape index (κ3) is 5.31. The molecule has 1 saturated heterocycles. The molecule has 2 rings (SSSR count).